The highest BCUT2D eigenvalue weighted by Gasteiger charge is 2.20. The Hall–Kier alpha value is -2.05. The van der Waals surface area contributed by atoms with E-state index in [2.05, 4.69) is 11.9 Å². The first kappa shape index (κ1) is 14.9. The predicted octanol–water partition coefficient (Wildman–Crippen LogP) is -0.643. The van der Waals surface area contributed by atoms with Crippen molar-refractivity contribution in [3.63, 3.8) is 0 Å². The Morgan fingerprint density at radius 2 is 1.94 bits per heavy atom. The molecule has 0 aliphatic carbocycles. The molecule has 0 aromatic rings. The standard InChI is InChI=1S/C10H17N3O4/c1-4-5-13(7-9(15)16)10(17)12(3)6-8(14)11-2/h4H,1,5-7H2,2-3H3,(H,11,14)(H,15,16). The van der Waals surface area contributed by atoms with Crippen LogP contribution in [0.4, 0.5) is 4.79 Å². The van der Waals surface area contributed by atoms with E-state index in [0.717, 1.165) is 9.80 Å². The first-order valence-corrected chi connectivity index (χ1v) is 4.95. The van der Waals surface area contributed by atoms with Gasteiger partial charge in [-0.3, -0.25) is 9.59 Å². The van der Waals surface area contributed by atoms with Gasteiger partial charge in [-0.05, 0) is 0 Å². The van der Waals surface area contributed by atoms with Crippen LogP contribution in [0.1, 0.15) is 0 Å². The molecule has 2 N–H and O–H groups in total. The third kappa shape index (κ3) is 5.55. The number of hydrogen-bond donors (Lipinski definition) is 2. The van der Waals surface area contributed by atoms with Crippen molar-refractivity contribution in [2.75, 3.05) is 33.7 Å². The molecule has 0 saturated carbocycles. The second kappa shape index (κ2) is 7.26. The van der Waals surface area contributed by atoms with E-state index in [1.54, 1.807) is 0 Å². The summed E-state index contributed by atoms with van der Waals surface area (Å²) in [6.45, 7) is 3.01. The number of hydrogen-bond acceptors (Lipinski definition) is 3. The SMILES string of the molecule is C=CCN(CC(=O)O)C(=O)N(C)CC(=O)NC. The number of urea groups is 1. The fourth-order valence-corrected chi connectivity index (χ4v) is 1.13. The van der Waals surface area contributed by atoms with Gasteiger partial charge in [0.15, 0.2) is 0 Å². The lowest BCUT2D eigenvalue weighted by Crippen LogP contribution is -2.46. The monoisotopic (exact) mass is 243 g/mol. The molecule has 0 bridgehead atoms. The van der Waals surface area contributed by atoms with E-state index >= 15 is 0 Å². The van der Waals surface area contributed by atoms with Crippen molar-refractivity contribution in [1.29, 1.82) is 0 Å². The second-order valence-electron chi connectivity index (χ2n) is 3.37. The lowest BCUT2D eigenvalue weighted by molar-refractivity contribution is -0.137. The van der Waals surface area contributed by atoms with Crippen LogP contribution in [0, 0.1) is 0 Å². The lowest BCUT2D eigenvalue weighted by Gasteiger charge is -2.25. The molecule has 96 valence electrons. The zero-order chi connectivity index (χ0) is 13.4. The maximum Gasteiger partial charge on any atom is 0.323 e. The van der Waals surface area contributed by atoms with Crippen molar-refractivity contribution in [2.45, 2.75) is 0 Å². The Bertz CT molecular complexity index is 317. The molecular formula is C10H17N3O4. The van der Waals surface area contributed by atoms with Gasteiger partial charge in [0.2, 0.25) is 5.91 Å². The van der Waals surface area contributed by atoms with Gasteiger partial charge in [-0.2, -0.15) is 0 Å². The topological polar surface area (TPSA) is 90.0 Å². The number of amides is 3. The quantitative estimate of drug-likeness (QED) is 0.607. The normalized spacial score (nSPS) is 9.29. The van der Waals surface area contributed by atoms with Gasteiger partial charge in [-0.1, -0.05) is 6.08 Å². The van der Waals surface area contributed by atoms with E-state index in [1.807, 2.05) is 0 Å². The third-order valence-corrected chi connectivity index (χ3v) is 1.93. The highest BCUT2D eigenvalue weighted by atomic mass is 16.4. The highest BCUT2D eigenvalue weighted by Crippen LogP contribution is 1.97. The van der Waals surface area contributed by atoms with Gasteiger partial charge in [-0.15, -0.1) is 6.58 Å². The number of carboxylic acids is 1. The summed E-state index contributed by atoms with van der Waals surface area (Å²) in [5, 5.41) is 11.0. The van der Waals surface area contributed by atoms with Crippen LogP contribution in [0.3, 0.4) is 0 Å². The average Bonchev–Trinajstić information content (AvgIpc) is 2.26. The van der Waals surface area contributed by atoms with Gasteiger partial charge < -0.3 is 20.2 Å². The molecule has 0 aliphatic rings. The molecule has 0 aromatic heterocycles. The average molecular weight is 243 g/mol. The fourth-order valence-electron chi connectivity index (χ4n) is 1.13. The van der Waals surface area contributed by atoms with Crippen molar-refractivity contribution >= 4 is 17.9 Å². The van der Waals surface area contributed by atoms with Crippen LogP contribution in [0.25, 0.3) is 0 Å². The van der Waals surface area contributed by atoms with Crippen LogP contribution in [0.5, 0.6) is 0 Å². The minimum atomic E-state index is -1.12. The third-order valence-electron chi connectivity index (χ3n) is 1.93. The van der Waals surface area contributed by atoms with Crippen LogP contribution in [0.15, 0.2) is 12.7 Å². The number of carboxylic acid groups (broad SMARTS) is 1. The largest absolute Gasteiger partial charge is 0.480 e. The molecule has 0 saturated heterocycles. The molecule has 7 nitrogen and oxygen atoms in total. The maximum atomic E-state index is 11.8. The van der Waals surface area contributed by atoms with E-state index in [9.17, 15) is 14.4 Å². The van der Waals surface area contributed by atoms with E-state index in [0.29, 0.717) is 0 Å². The molecule has 0 aromatic carbocycles. The van der Waals surface area contributed by atoms with Crippen LogP contribution >= 0.6 is 0 Å². The molecule has 0 aliphatic heterocycles. The molecule has 3 amide bonds. The maximum absolute atomic E-state index is 11.8. The number of aliphatic carboxylic acids is 1. The Kier molecular flexibility index (Phi) is 6.39. The smallest absolute Gasteiger partial charge is 0.323 e. The van der Waals surface area contributed by atoms with Crippen LogP contribution in [0.2, 0.25) is 0 Å². The van der Waals surface area contributed by atoms with Crippen molar-refractivity contribution in [2.24, 2.45) is 0 Å². The molecule has 0 heterocycles. The zero-order valence-electron chi connectivity index (χ0n) is 9.97. The Morgan fingerprint density at radius 3 is 2.35 bits per heavy atom. The minimum absolute atomic E-state index is 0.114. The summed E-state index contributed by atoms with van der Waals surface area (Å²) in [5.41, 5.74) is 0. The number of likely N-dealkylation sites (N-methyl/N-ethyl adjacent to an activating group) is 2. The van der Waals surface area contributed by atoms with Crippen LogP contribution in [-0.4, -0.2) is 66.5 Å². The summed E-state index contributed by atoms with van der Waals surface area (Å²) in [6.07, 6.45) is 1.43. The second-order valence-corrected chi connectivity index (χ2v) is 3.37. The summed E-state index contributed by atoms with van der Waals surface area (Å²) < 4.78 is 0. The Labute approximate surface area is 99.7 Å². The van der Waals surface area contributed by atoms with Crippen molar-refractivity contribution in [3.05, 3.63) is 12.7 Å². The van der Waals surface area contributed by atoms with Crippen molar-refractivity contribution in [1.82, 2.24) is 15.1 Å². The molecule has 0 atom stereocenters. The van der Waals surface area contributed by atoms with Crippen molar-refractivity contribution in [3.8, 4) is 0 Å². The summed E-state index contributed by atoms with van der Waals surface area (Å²) in [5.74, 6) is -1.44. The number of carbonyl (C=O) groups is 3. The summed E-state index contributed by atoms with van der Waals surface area (Å²) >= 11 is 0. The van der Waals surface area contributed by atoms with Gasteiger partial charge in [0, 0.05) is 20.6 Å². The van der Waals surface area contributed by atoms with Gasteiger partial charge >= 0.3 is 12.0 Å². The highest BCUT2D eigenvalue weighted by molar-refractivity contribution is 5.85. The lowest BCUT2D eigenvalue weighted by atomic mass is 10.4. The molecule has 7 heteroatoms. The molecule has 0 unspecified atom stereocenters. The molecule has 17 heavy (non-hydrogen) atoms. The van der Waals surface area contributed by atoms with E-state index in [1.165, 1.54) is 20.2 Å². The number of carbonyl (C=O) groups excluding carboxylic acids is 2. The van der Waals surface area contributed by atoms with Gasteiger partial charge in [0.05, 0.1) is 0 Å². The summed E-state index contributed by atoms with van der Waals surface area (Å²) in [7, 11) is 2.88. The van der Waals surface area contributed by atoms with Gasteiger partial charge in [-0.25, -0.2) is 4.79 Å². The van der Waals surface area contributed by atoms with E-state index < -0.39 is 18.5 Å². The predicted molar refractivity (Wildman–Crippen MR) is 61.5 cm³/mol. The zero-order valence-corrected chi connectivity index (χ0v) is 9.97. The van der Waals surface area contributed by atoms with Gasteiger partial charge in [0.25, 0.3) is 0 Å². The molecule has 0 spiro atoms. The van der Waals surface area contributed by atoms with Crippen LogP contribution in [-0.2, 0) is 9.59 Å². The molecule has 0 radical (unpaired) electrons. The number of nitrogens with zero attached hydrogens (tertiary/aromatic N) is 2. The number of rotatable bonds is 6. The summed E-state index contributed by atoms with van der Waals surface area (Å²) in [6, 6.07) is -0.532. The molecular weight excluding hydrogens is 226 g/mol. The van der Waals surface area contributed by atoms with E-state index in [-0.39, 0.29) is 19.0 Å². The van der Waals surface area contributed by atoms with Gasteiger partial charge in [0.1, 0.15) is 13.1 Å². The van der Waals surface area contributed by atoms with E-state index in [4.69, 9.17) is 5.11 Å². The van der Waals surface area contributed by atoms with Crippen molar-refractivity contribution < 1.29 is 19.5 Å². The molecule has 0 fully saturated rings. The molecule has 0 rings (SSSR count). The fraction of sp³-hybridized carbons (Fsp3) is 0.500. The number of nitrogens with one attached hydrogen (secondary N) is 1. The van der Waals surface area contributed by atoms with Crippen LogP contribution < -0.4 is 5.32 Å². The Balaban J connectivity index is 4.53. The minimum Gasteiger partial charge on any atom is -0.480 e. The summed E-state index contributed by atoms with van der Waals surface area (Å²) in [4.78, 5) is 35.6. The Morgan fingerprint density at radius 1 is 1.35 bits per heavy atom. The first-order chi connectivity index (χ1) is 7.92. The first-order valence-electron chi connectivity index (χ1n) is 4.95.